The largest absolute Gasteiger partial charge is 0.381 e. The molecule has 1 atom stereocenters. The first-order valence-electron chi connectivity index (χ1n) is 7.08. The molecule has 0 fully saturated rings. The minimum Gasteiger partial charge on any atom is -0.381 e. The summed E-state index contributed by atoms with van der Waals surface area (Å²) in [5.41, 5.74) is 6.70. The zero-order valence-corrected chi connectivity index (χ0v) is 12.6. The van der Waals surface area contributed by atoms with Crippen LogP contribution in [0.25, 0.3) is 0 Å². The second-order valence-electron chi connectivity index (χ2n) is 4.67. The van der Waals surface area contributed by atoms with Gasteiger partial charge >= 0.3 is 0 Å². The molecule has 1 rings (SSSR count). The van der Waals surface area contributed by atoms with E-state index in [-0.39, 0.29) is 6.04 Å². The summed E-state index contributed by atoms with van der Waals surface area (Å²) in [5, 5.41) is 7.62. The number of rotatable bonds is 11. The molecule has 0 aromatic carbocycles. The average Bonchev–Trinajstić information content (AvgIpc) is 2.96. The highest BCUT2D eigenvalue weighted by atomic mass is 16.5. The van der Waals surface area contributed by atoms with Crippen molar-refractivity contribution in [3.05, 3.63) is 24.5 Å². The van der Waals surface area contributed by atoms with Crippen molar-refractivity contribution in [1.29, 1.82) is 0 Å². The molecular weight excluding hydrogens is 268 g/mol. The number of hydrogen-bond acceptors (Lipinski definition) is 5. The summed E-state index contributed by atoms with van der Waals surface area (Å²) >= 11 is 0. The lowest BCUT2D eigenvalue weighted by Crippen LogP contribution is -2.28. The summed E-state index contributed by atoms with van der Waals surface area (Å²) in [5.74, 6) is 5.63. The number of nitrogens with two attached hydrogens (primary N) is 1. The maximum Gasteiger partial charge on any atom is 0.0790 e. The number of aromatic nitrogens is 3. The van der Waals surface area contributed by atoms with Crippen molar-refractivity contribution < 1.29 is 9.47 Å². The smallest absolute Gasteiger partial charge is 0.0790 e. The molecule has 0 bridgehead atoms. The molecule has 1 aromatic heterocycles. The third-order valence-electron chi connectivity index (χ3n) is 2.69. The lowest BCUT2D eigenvalue weighted by molar-refractivity contribution is 0.0982. The minimum atomic E-state index is -0.0253. The van der Waals surface area contributed by atoms with Gasteiger partial charge in [-0.05, 0) is 19.8 Å². The number of hydrogen-bond donors (Lipinski definition) is 1. The molecule has 0 saturated heterocycles. The van der Waals surface area contributed by atoms with E-state index in [1.54, 1.807) is 17.8 Å². The van der Waals surface area contributed by atoms with Crippen molar-refractivity contribution in [2.24, 2.45) is 5.73 Å². The molecule has 1 unspecified atom stereocenters. The van der Waals surface area contributed by atoms with E-state index in [1.165, 1.54) is 0 Å². The highest BCUT2D eigenvalue weighted by Crippen LogP contribution is 1.96. The Bertz CT molecular complexity index is 448. The first-order chi connectivity index (χ1) is 10.2. The molecule has 1 heterocycles. The van der Waals surface area contributed by atoms with Gasteiger partial charge in [0, 0.05) is 37.6 Å². The molecule has 2 N–H and O–H groups in total. The molecule has 116 valence electrons. The van der Waals surface area contributed by atoms with E-state index >= 15 is 0 Å². The van der Waals surface area contributed by atoms with Crippen LogP contribution >= 0.6 is 0 Å². The van der Waals surface area contributed by atoms with E-state index in [1.807, 2.05) is 6.20 Å². The quantitative estimate of drug-likeness (QED) is 0.486. The Labute approximate surface area is 126 Å². The fraction of sp³-hybridized carbons (Fsp3) is 0.600. The van der Waals surface area contributed by atoms with Gasteiger partial charge in [0.2, 0.25) is 0 Å². The fourth-order valence-corrected chi connectivity index (χ4v) is 1.65. The normalized spacial score (nSPS) is 11.7. The summed E-state index contributed by atoms with van der Waals surface area (Å²) < 4.78 is 12.8. The zero-order valence-electron chi connectivity index (χ0n) is 12.6. The summed E-state index contributed by atoms with van der Waals surface area (Å²) in [6.45, 7) is 8.63. The van der Waals surface area contributed by atoms with Gasteiger partial charge in [0.25, 0.3) is 0 Å². The van der Waals surface area contributed by atoms with Crippen LogP contribution in [0.15, 0.2) is 24.5 Å². The molecular formula is C15H24N4O2. The van der Waals surface area contributed by atoms with Crippen molar-refractivity contribution in [3.63, 3.8) is 0 Å². The molecule has 0 spiro atoms. The molecule has 0 amide bonds. The van der Waals surface area contributed by atoms with Crippen LogP contribution in [-0.4, -0.2) is 47.5 Å². The fourth-order valence-electron chi connectivity index (χ4n) is 1.65. The summed E-state index contributed by atoms with van der Waals surface area (Å²) in [6.07, 6.45) is 5.19. The van der Waals surface area contributed by atoms with Crippen molar-refractivity contribution in [1.82, 2.24) is 15.0 Å². The van der Waals surface area contributed by atoms with Gasteiger partial charge in [0.1, 0.15) is 0 Å². The highest BCUT2D eigenvalue weighted by Gasteiger charge is 2.03. The van der Waals surface area contributed by atoms with E-state index in [4.69, 9.17) is 15.2 Å². The SMILES string of the molecule is C=C(C#CC)COCC(N)CCOCCCn1ccnn1. The lowest BCUT2D eigenvalue weighted by atomic mass is 10.2. The maximum atomic E-state index is 5.93. The van der Waals surface area contributed by atoms with E-state index in [2.05, 4.69) is 28.7 Å². The monoisotopic (exact) mass is 292 g/mol. The molecule has 0 saturated carbocycles. The van der Waals surface area contributed by atoms with Crippen molar-refractivity contribution in [2.75, 3.05) is 26.4 Å². The van der Waals surface area contributed by atoms with Crippen LogP contribution in [0, 0.1) is 11.8 Å². The molecule has 0 aliphatic carbocycles. The van der Waals surface area contributed by atoms with Gasteiger partial charge in [-0.1, -0.05) is 17.7 Å². The topological polar surface area (TPSA) is 75.2 Å². The summed E-state index contributed by atoms with van der Waals surface area (Å²) in [4.78, 5) is 0. The predicted molar refractivity (Wildman–Crippen MR) is 81.5 cm³/mol. The third-order valence-corrected chi connectivity index (χ3v) is 2.69. The first kappa shape index (κ1) is 17.4. The van der Waals surface area contributed by atoms with Gasteiger partial charge in [0.05, 0.1) is 19.4 Å². The zero-order chi connectivity index (χ0) is 15.3. The van der Waals surface area contributed by atoms with E-state index < -0.39 is 0 Å². The summed E-state index contributed by atoms with van der Waals surface area (Å²) in [6, 6.07) is -0.0253. The van der Waals surface area contributed by atoms with Crippen LogP contribution in [-0.2, 0) is 16.0 Å². The van der Waals surface area contributed by atoms with Gasteiger partial charge < -0.3 is 15.2 Å². The standard InChI is InChI=1S/C15H24N4O2/c1-3-5-14(2)12-21-13-15(16)6-11-20-10-4-8-19-9-7-17-18-19/h7,9,15H,2,4,6,8,10-13,16H2,1H3. The second kappa shape index (κ2) is 11.0. The molecule has 0 aliphatic heterocycles. The molecule has 21 heavy (non-hydrogen) atoms. The molecule has 0 radical (unpaired) electrons. The highest BCUT2D eigenvalue weighted by molar-refractivity contribution is 5.24. The average molecular weight is 292 g/mol. The Balaban J connectivity index is 1.91. The Kier molecular flexibility index (Phi) is 9.13. The number of aryl methyl sites for hydroxylation is 1. The molecule has 6 nitrogen and oxygen atoms in total. The lowest BCUT2D eigenvalue weighted by Gasteiger charge is -2.12. The summed E-state index contributed by atoms with van der Waals surface area (Å²) in [7, 11) is 0. The van der Waals surface area contributed by atoms with E-state index in [0.717, 1.165) is 25.0 Å². The van der Waals surface area contributed by atoms with Crippen LogP contribution < -0.4 is 5.73 Å². The van der Waals surface area contributed by atoms with Crippen LogP contribution in [0.5, 0.6) is 0 Å². The van der Waals surface area contributed by atoms with Gasteiger partial charge in [-0.15, -0.1) is 11.0 Å². The van der Waals surface area contributed by atoms with Crippen molar-refractivity contribution in [2.45, 2.75) is 32.4 Å². The van der Waals surface area contributed by atoms with Gasteiger partial charge in [-0.2, -0.15) is 0 Å². The number of nitrogens with zero attached hydrogens (tertiary/aromatic N) is 3. The Morgan fingerprint density at radius 3 is 3.00 bits per heavy atom. The molecule has 0 aliphatic rings. The Hall–Kier alpha value is -1.68. The minimum absolute atomic E-state index is 0.0253. The Morgan fingerprint density at radius 2 is 2.29 bits per heavy atom. The van der Waals surface area contributed by atoms with Gasteiger partial charge in [0.15, 0.2) is 0 Å². The van der Waals surface area contributed by atoms with Crippen molar-refractivity contribution >= 4 is 0 Å². The van der Waals surface area contributed by atoms with Crippen LogP contribution in [0.3, 0.4) is 0 Å². The Morgan fingerprint density at radius 1 is 1.43 bits per heavy atom. The number of ether oxygens (including phenoxy) is 2. The molecule has 6 heteroatoms. The first-order valence-corrected chi connectivity index (χ1v) is 7.08. The van der Waals surface area contributed by atoms with E-state index in [0.29, 0.717) is 26.4 Å². The third kappa shape index (κ3) is 8.97. The van der Waals surface area contributed by atoms with E-state index in [9.17, 15) is 0 Å². The molecule has 1 aromatic rings. The van der Waals surface area contributed by atoms with Gasteiger partial charge in [-0.25, -0.2) is 0 Å². The van der Waals surface area contributed by atoms with Gasteiger partial charge in [-0.3, -0.25) is 4.68 Å². The van der Waals surface area contributed by atoms with Crippen molar-refractivity contribution in [3.8, 4) is 11.8 Å². The van der Waals surface area contributed by atoms with Crippen LogP contribution in [0.1, 0.15) is 19.8 Å². The predicted octanol–water partition coefficient (Wildman–Crippen LogP) is 0.998. The second-order valence-corrected chi connectivity index (χ2v) is 4.67. The van der Waals surface area contributed by atoms with Crippen LogP contribution in [0.4, 0.5) is 0 Å². The van der Waals surface area contributed by atoms with Crippen LogP contribution in [0.2, 0.25) is 0 Å². The maximum absolute atomic E-state index is 5.93.